The Labute approximate surface area is 256 Å². The largest absolute Gasteiger partial charge is 0.474 e. The highest BCUT2D eigenvalue weighted by molar-refractivity contribution is 5.97. The minimum absolute atomic E-state index is 0.0659. The first-order valence-corrected chi connectivity index (χ1v) is 15.0. The molecule has 3 aliphatic heterocycles. The van der Waals surface area contributed by atoms with Gasteiger partial charge in [0.15, 0.2) is 0 Å². The van der Waals surface area contributed by atoms with E-state index in [0.29, 0.717) is 56.2 Å². The van der Waals surface area contributed by atoms with Gasteiger partial charge in [-0.15, -0.1) is 0 Å². The highest BCUT2D eigenvalue weighted by atomic mass is 19.1. The molecule has 44 heavy (non-hydrogen) atoms. The minimum Gasteiger partial charge on any atom is -0.474 e. The summed E-state index contributed by atoms with van der Waals surface area (Å²) in [6.07, 6.45) is -0.593. The van der Waals surface area contributed by atoms with Crippen molar-refractivity contribution in [1.82, 2.24) is 19.7 Å². The van der Waals surface area contributed by atoms with Crippen molar-refractivity contribution in [3.63, 3.8) is 0 Å². The van der Waals surface area contributed by atoms with Crippen molar-refractivity contribution < 1.29 is 38.4 Å². The lowest BCUT2D eigenvalue weighted by Gasteiger charge is -2.51. The highest BCUT2D eigenvalue weighted by Gasteiger charge is 2.44. The summed E-state index contributed by atoms with van der Waals surface area (Å²) < 4.78 is 30.5. The van der Waals surface area contributed by atoms with Crippen LogP contribution in [0.2, 0.25) is 0 Å². The van der Waals surface area contributed by atoms with E-state index in [1.807, 2.05) is 17.9 Å². The number of ether oxygens (including phenoxy) is 3. The zero-order valence-corrected chi connectivity index (χ0v) is 25.6. The number of anilines is 1. The molecule has 0 radical (unpaired) electrons. The van der Waals surface area contributed by atoms with E-state index in [2.05, 4.69) is 16.8 Å². The van der Waals surface area contributed by atoms with E-state index in [4.69, 9.17) is 14.2 Å². The van der Waals surface area contributed by atoms with Crippen LogP contribution in [0.5, 0.6) is 5.88 Å². The van der Waals surface area contributed by atoms with Gasteiger partial charge >= 0.3 is 6.09 Å². The first-order valence-electron chi connectivity index (χ1n) is 15.0. The number of aliphatic hydroxyl groups is 1. The zero-order chi connectivity index (χ0) is 31.4. The second-order valence-electron chi connectivity index (χ2n) is 12.1. The van der Waals surface area contributed by atoms with E-state index in [-0.39, 0.29) is 56.6 Å². The Morgan fingerprint density at radius 2 is 1.95 bits per heavy atom. The number of benzene rings is 1. The SMILES string of the molecule is COCC1COc2nc(CO)c(Cc3ccc(F)cc3)cc2N1C(=O)CN1CCN(C(=O)O)[C@@](C)(CN2CCOCC2C)C1. The van der Waals surface area contributed by atoms with Gasteiger partial charge in [-0.1, -0.05) is 12.1 Å². The number of amides is 2. The number of hydrogen-bond donors (Lipinski definition) is 2. The molecule has 4 heterocycles. The van der Waals surface area contributed by atoms with Crippen LogP contribution in [0.15, 0.2) is 30.3 Å². The number of morpholine rings is 1. The number of carboxylic acid groups (broad SMARTS) is 1. The fourth-order valence-electron chi connectivity index (χ4n) is 6.51. The maximum Gasteiger partial charge on any atom is 0.407 e. The van der Waals surface area contributed by atoms with Crippen molar-refractivity contribution in [3.8, 4) is 5.88 Å². The van der Waals surface area contributed by atoms with E-state index in [1.165, 1.54) is 17.0 Å². The molecule has 5 rings (SSSR count). The first-order chi connectivity index (χ1) is 21.1. The third-order valence-corrected chi connectivity index (χ3v) is 8.75. The summed E-state index contributed by atoms with van der Waals surface area (Å²) >= 11 is 0. The lowest BCUT2D eigenvalue weighted by atomic mass is 9.94. The van der Waals surface area contributed by atoms with E-state index >= 15 is 0 Å². The number of pyridine rings is 1. The molecule has 240 valence electrons. The smallest absolute Gasteiger partial charge is 0.407 e. The molecule has 3 atom stereocenters. The number of hydrogen-bond acceptors (Lipinski definition) is 9. The van der Waals surface area contributed by atoms with Gasteiger partial charge in [-0.05, 0) is 49.6 Å². The molecule has 2 amide bonds. The summed E-state index contributed by atoms with van der Waals surface area (Å²) in [7, 11) is 1.56. The summed E-state index contributed by atoms with van der Waals surface area (Å²) in [5, 5.41) is 20.1. The molecule has 0 aliphatic carbocycles. The topological polar surface area (TPSA) is 128 Å². The standard InChI is InChI=1S/C31H42FN5O7/c1-21-16-43-11-10-35(21)20-31(2)19-34(8-9-36(31)30(40)41)14-28(39)37-25(17-42-3)18-44-29-27(37)13-23(26(15-38)33-29)12-22-4-6-24(32)7-5-22/h4-7,13,21,25,38H,8-12,14-20H2,1-3H3,(H,40,41)/t21?,25?,31-/m1/s1. The molecule has 2 aromatic rings. The van der Waals surface area contributed by atoms with E-state index in [1.54, 1.807) is 24.1 Å². The molecular formula is C31H42FN5O7. The third-order valence-electron chi connectivity index (χ3n) is 8.75. The number of rotatable bonds is 9. The van der Waals surface area contributed by atoms with Crippen LogP contribution in [0, 0.1) is 5.82 Å². The fourth-order valence-corrected chi connectivity index (χ4v) is 6.51. The van der Waals surface area contributed by atoms with Crippen LogP contribution in [-0.2, 0) is 27.3 Å². The number of piperazine rings is 1. The van der Waals surface area contributed by atoms with E-state index in [9.17, 15) is 24.2 Å². The van der Waals surface area contributed by atoms with Gasteiger partial charge in [-0.2, -0.15) is 0 Å². The number of carbonyl (C=O) groups is 2. The number of fused-ring (bicyclic) bond motifs is 1. The lowest BCUT2D eigenvalue weighted by Crippen LogP contribution is -2.68. The Bertz CT molecular complexity index is 1330. The number of aromatic nitrogens is 1. The molecule has 0 saturated carbocycles. The van der Waals surface area contributed by atoms with Gasteiger partial charge < -0.3 is 24.4 Å². The fraction of sp³-hybridized carbons (Fsp3) is 0.581. The zero-order valence-electron chi connectivity index (χ0n) is 25.6. The molecule has 1 aromatic carbocycles. The summed E-state index contributed by atoms with van der Waals surface area (Å²) in [5.74, 6) is -0.278. The minimum atomic E-state index is -0.971. The summed E-state index contributed by atoms with van der Waals surface area (Å²) in [5.41, 5.74) is 1.69. The van der Waals surface area contributed by atoms with Crippen LogP contribution in [0.1, 0.15) is 30.7 Å². The van der Waals surface area contributed by atoms with Gasteiger partial charge in [0.25, 0.3) is 0 Å². The van der Waals surface area contributed by atoms with Crippen LogP contribution in [-0.4, -0.2) is 132 Å². The monoisotopic (exact) mass is 615 g/mol. The Morgan fingerprint density at radius 1 is 1.18 bits per heavy atom. The molecule has 13 heteroatoms. The predicted molar refractivity (Wildman–Crippen MR) is 159 cm³/mol. The molecule has 0 spiro atoms. The number of nitrogens with zero attached hydrogens (tertiary/aromatic N) is 5. The molecule has 1 aromatic heterocycles. The van der Waals surface area contributed by atoms with Crippen LogP contribution >= 0.6 is 0 Å². The van der Waals surface area contributed by atoms with Crippen LogP contribution < -0.4 is 9.64 Å². The Balaban J connectivity index is 1.40. The lowest BCUT2D eigenvalue weighted by molar-refractivity contribution is -0.122. The van der Waals surface area contributed by atoms with E-state index in [0.717, 1.165) is 12.1 Å². The number of carbonyl (C=O) groups excluding carboxylic acids is 1. The Hall–Kier alpha value is -3.36. The number of halogens is 1. The maximum absolute atomic E-state index is 14.1. The molecule has 0 bridgehead atoms. The third kappa shape index (κ3) is 6.97. The molecule has 12 nitrogen and oxygen atoms in total. The van der Waals surface area contributed by atoms with Crippen molar-refractivity contribution in [2.75, 3.05) is 77.7 Å². The van der Waals surface area contributed by atoms with Gasteiger partial charge in [-0.25, -0.2) is 14.2 Å². The number of aliphatic hydroxyl groups excluding tert-OH is 1. The molecule has 3 aliphatic rings. The van der Waals surface area contributed by atoms with Crippen LogP contribution in [0.4, 0.5) is 14.9 Å². The predicted octanol–water partition coefficient (Wildman–Crippen LogP) is 1.82. The average Bonchev–Trinajstić information content (AvgIpc) is 2.99. The molecular weight excluding hydrogens is 573 g/mol. The summed E-state index contributed by atoms with van der Waals surface area (Å²) in [4.78, 5) is 38.4. The van der Waals surface area contributed by atoms with Crippen LogP contribution in [0.25, 0.3) is 0 Å². The number of methoxy groups -OCH3 is 1. The first kappa shape index (κ1) is 32.0. The highest BCUT2D eigenvalue weighted by Crippen LogP contribution is 2.36. The second-order valence-corrected chi connectivity index (χ2v) is 12.1. The van der Waals surface area contributed by atoms with Crippen LogP contribution in [0.3, 0.4) is 0 Å². The molecule has 2 unspecified atom stereocenters. The van der Waals surface area contributed by atoms with Gasteiger partial charge in [0.2, 0.25) is 11.8 Å². The Kier molecular flexibility index (Phi) is 10.0. The summed E-state index contributed by atoms with van der Waals surface area (Å²) in [6.45, 7) is 7.69. The molecule has 2 N–H and O–H groups in total. The van der Waals surface area contributed by atoms with Crippen molar-refractivity contribution in [2.24, 2.45) is 0 Å². The molecule has 2 fully saturated rings. The van der Waals surface area contributed by atoms with Crippen molar-refractivity contribution >= 4 is 17.7 Å². The van der Waals surface area contributed by atoms with Gasteiger partial charge in [0.1, 0.15) is 18.1 Å². The Morgan fingerprint density at radius 3 is 2.64 bits per heavy atom. The van der Waals surface area contributed by atoms with Crippen molar-refractivity contribution in [3.05, 3.63) is 53.0 Å². The van der Waals surface area contributed by atoms with Crippen molar-refractivity contribution in [2.45, 2.75) is 44.5 Å². The molecule has 2 saturated heterocycles. The average molecular weight is 616 g/mol. The normalized spacial score (nSPS) is 24.6. The van der Waals surface area contributed by atoms with Gasteiger partial charge in [-0.3, -0.25) is 24.4 Å². The maximum atomic E-state index is 14.1. The van der Waals surface area contributed by atoms with Gasteiger partial charge in [0.05, 0.1) is 50.2 Å². The van der Waals surface area contributed by atoms with E-state index < -0.39 is 17.7 Å². The van der Waals surface area contributed by atoms with Crippen molar-refractivity contribution in [1.29, 1.82) is 0 Å². The van der Waals surface area contributed by atoms with Gasteiger partial charge in [0, 0.05) is 45.9 Å². The summed E-state index contributed by atoms with van der Waals surface area (Å²) in [6, 6.07) is 7.66. The second kappa shape index (κ2) is 13.7. The quantitative estimate of drug-likeness (QED) is 0.431.